The van der Waals surface area contributed by atoms with Gasteiger partial charge in [0.1, 0.15) is 6.42 Å². The second-order valence-corrected chi connectivity index (χ2v) is 2.42. The summed E-state index contributed by atoms with van der Waals surface area (Å²) in [6, 6.07) is 0. The van der Waals surface area contributed by atoms with Gasteiger partial charge in [0, 0.05) is 0 Å². The minimum atomic E-state index is -1.79. The molecule has 0 aliphatic heterocycles. The molecule has 0 amide bonds. The zero-order valence-electron chi connectivity index (χ0n) is 9.27. The Labute approximate surface area is 101 Å². The van der Waals surface area contributed by atoms with Gasteiger partial charge in [-0.05, 0) is 0 Å². The van der Waals surface area contributed by atoms with Crippen molar-refractivity contribution in [3.8, 4) is 0 Å². The van der Waals surface area contributed by atoms with E-state index in [1.165, 1.54) is 0 Å². The first-order valence-corrected chi connectivity index (χ1v) is 3.73. The number of hydrogen-bond donors (Lipinski definition) is 7. The molecule has 0 heterocycles. The first-order chi connectivity index (χ1) is 7.16. The summed E-state index contributed by atoms with van der Waals surface area (Å²) < 4.78 is 0. The molecule has 11 heteroatoms. The maximum absolute atomic E-state index is 9.72. The highest BCUT2D eigenvalue weighted by atomic mass is 16.4. The topological polar surface area (TPSA) is 239 Å². The van der Waals surface area contributed by atoms with E-state index in [0.717, 1.165) is 0 Å². The van der Waals surface area contributed by atoms with Crippen molar-refractivity contribution < 1.29 is 44.7 Å². The van der Waals surface area contributed by atoms with Gasteiger partial charge in [0.15, 0.2) is 6.10 Å². The highest BCUT2D eigenvalue weighted by Gasteiger charge is 2.16. The van der Waals surface area contributed by atoms with Crippen molar-refractivity contribution in [2.45, 2.75) is 18.9 Å². The summed E-state index contributed by atoms with van der Waals surface area (Å²) in [5, 5.41) is 39.5. The molecule has 0 aromatic carbocycles. The number of aliphatic carboxylic acids is 4. The molecule has 108 valence electrons. The van der Waals surface area contributed by atoms with Crippen molar-refractivity contribution in [3.05, 3.63) is 0 Å². The molecule has 1 atom stereocenters. The summed E-state index contributed by atoms with van der Waals surface area (Å²) in [5.41, 5.74) is 0. The van der Waals surface area contributed by atoms with Crippen molar-refractivity contribution in [1.82, 2.24) is 12.3 Å². The van der Waals surface area contributed by atoms with Gasteiger partial charge < -0.3 is 37.8 Å². The molecule has 18 heavy (non-hydrogen) atoms. The molecule has 0 radical (unpaired) electrons. The third-order valence-corrected chi connectivity index (χ3v) is 0.955. The Bertz CT molecular complexity index is 279. The van der Waals surface area contributed by atoms with E-state index in [-0.39, 0.29) is 12.3 Å². The second kappa shape index (κ2) is 12.8. The van der Waals surface area contributed by atoms with E-state index in [1.807, 2.05) is 0 Å². The van der Waals surface area contributed by atoms with Gasteiger partial charge in [0.25, 0.3) is 0 Å². The third-order valence-electron chi connectivity index (χ3n) is 0.955. The largest absolute Gasteiger partial charge is 0.481 e. The maximum atomic E-state index is 9.72. The van der Waals surface area contributed by atoms with Crippen LogP contribution < -0.4 is 12.3 Å². The number of aliphatic hydroxyl groups is 1. The normalized spacial score (nSPS) is 9.39. The quantitative estimate of drug-likeness (QED) is 0.292. The Morgan fingerprint density at radius 2 is 1.11 bits per heavy atom. The van der Waals surface area contributed by atoms with Crippen LogP contribution >= 0.6 is 0 Å². The molecule has 0 aromatic heterocycles. The van der Waals surface area contributed by atoms with E-state index in [4.69, 9.17) is 25.5 Å². The fourth-order valence-electron chi connectivity index (χ4n) is 0.382. The fraction of sp³-hybridized carbons (Fsp3) is 0.429. The van der Waals surface area contributed by atoms with Crippen molar-refractivity contribution in [3.63, 3.8) is 0 Å². The minimum Gasteiger partial charge on any atom is -0.481 e. The molecule has 11 nitrogen and oxygen atoms in total. The lowest BCUT2D eigenvalue weighted by atomic mass is 10.3. The first-order valence-electron chi connectivity index (χ1n) is 3.73. The molecule has 11 N–H and O–H groups in total. The predicted octanol–water partition coefficient (Wildman–Crippen LogP) is -1.22. The lowest BCUT2D eigenvalue weighted by Crippen LogP contribution is -2.22. The molecule has 0 spiro atoms. The SMILES string of the molecule is N.N.O=C(O)CC(=O)O.O=C(O)CC(O)C(=O)O. The van der Waals surface area contributed by atoms with E-state index in [2.05, 4.69) is 0 Å². The maximum Gasteiger partial charge on any atom is 0.333 e. The summed E-state index contributed by atoms with van der Waals surface area (Å²) in [7, 11) is 0. The van der Waals surface area contributed by atoms with Gasteiger partial charge in [-0.1, -0.05) is 0 Å². The van der Waals surface area contributed by atoms with Gasteiger partial charge in [-0.25, -0.2) is 4.79 Å². The number of carboxylic acids is 4. The average Bonchev–Trinajstić information content (AvgIpc) is 2.00. The van der Waals surface area contributed by atoms with Crippen LogP contribution in [0.25, 0.3) is 0 Å². The van der Waals surface area contributed by atoms with Crippen molar-refractivity contribution in [2.75, 3.05) is 0 Å². The smallest absolute Gasteiger partial charge is 0.333 e. The minimum absolute atomic E-state index is 0. The molecule has 0 saturated carbocycles. The molecule has 0 aliphatic carbocycles. The standard InChI is InChI=1S/C4H6O5.C3H4O4.2H3N/c5-2(4(8)9)1-3(6)7;4-2(5)1-3(6)7;;/h2,5H,1H2,(H,6,7)(H,8,9);1H2,(H,4,5)(H,6,7);2*1H3. The molecular formula is C7H16N2O9. The van der Waals surface area contributed by atoms with Crippen molar-refractivity contribution in [2.24, 2.45) is 0 Å². The summed E-state index contributed by atoms with van der Waals surface area (Å²) in [6.07, 6.45) is -3.35. The lowest BCUT2D eigenvalue weighted by molar-refractivity contribution is -0.153. The molecule has 1 unspecified atom stereocenters. The number of hydrogen-bond acceptors (Lipinski definition) is 7. The van der Waals surface area contributed by atoms with Crippen LogP contribution in [-0.4, -0.2) is 55.5 Å². The Morgan fingerprint density at radius 1 is 0.778 bits per heavy atom. The van der Waals surface area contributed by atoms with Crippen LogP contribution in [0.5, 0.6) is 0 Å². The fourth-order valence-corrected chi connectivity index (χ4v) is 0.382. The van der Waals surface area contributed by atoms with Crippen LogP contribution in [0.1, 0.15) is 12.8 Å². The molecule has 0 fully saturated rings. The Hall–Kier alpha value is -2.24. The Balaban J connectivity index is -0.000000100. The van der Waals surface area contributed by atoms with Crippen LogP contribution in [0.4, 0.5) is 0 Å². The van der Waals surface area contributed by atoms with Gasteiger partial charge in [-0.2, -0.15) is 0 Å². The zero-order chi connectivity index (χ0) is 13.3. The molecular weight excluding hydrogens is 256 g/mol. The third kappa shape index (κ3) is 23.5. The number of aliphatic hydroxyl groups excluding tert-OH is 1. The van der Waals surface area contributed by atoms with Crippen LogP contribution in [0.15, 0.2) is 0 Å². The van der Waals surface area contributed by atoms with Crippen LogP contribution in [-0.2, 0) is 19.2 Å². The van der Waals surface area contributed by atoms with Crippen LogP contribution in [0.2, 0.25) is 0 Å². The van der Waals surface area contributed by atoms with Gasteiger partial charge >= 0.3 is 23.9 Å². The first kappa shape index (κ1) is 24.8. The molecule has 0 aliphatic rings. The monoisotopic (exact) mass is 272 g/mol. The van der Waals surface area contributed by atoms with E-state index in [9.17, 15) is 19.2 Å². The van der Waals surface area contributed by atoms with E-state index < -0.39 is 42.8 Å². The molecule has 0 bridgehead atoms. The molecule has 0 aromatic rings. The number of carboxylic acid groups (broad SMARTS) is 4. The van der Waals surface area contributed by atoms with Crippen molar-refractivity contribution in [1.29, 1.82) is 0 Å². The summed E-state index contributed by atoms with van der Waals surface area (Å²) in [4.78, 5) is 38.3. The van der Waals surface area contributed by atoms with Gasteiger partial charge in [0.2, 0.25) is 0 Å². The summed E-state index contributed by atoms with van der Waals surface area (Å²) >= 11 is 0. The van der Waals surface area contributed by atoms with Crippen molar-refractivity contribution >= 4 is 23.9 Å². The lowest BCUT2D eigenvalue weighted by Gasteiger charge is -1.97. The van der Waals surface area contributed by atoms with E-state index in [1.54, 1.807) is 0 Å². The van der Waals surface area contributed by atoms with E-state index >= 15 is 0 Å². The van der Waals surface area contributed by atoms with Crippen LogP contribution in [0, 0.1) is 0 Å². The van der Waals surface area contributed by atoms with Gasteiger partial charge in [0.05, 0.1) is 6.42 Å². The Kier molecular flexibility index (Phi) is 17.7. The van der Waals surface area contributed by atoms with Crippen LogP contribution in [0.3, 0.4) is 0 Å². The zero-order valence-corrected chi connectivity index (χ0v) is 9.27. The summed E-state index contributed by atoms with van der Waals surface area (Å²) in [6.45, 7) is 0. The second-order valence-electron chi connectivity index (χ2n) is 2.42. The molecule has 0 saturated heterocycles. The number of carbonyl (C=O) groups is 4. The van der Waals surface area contributed by atoms with E-state index in [0.29, 0.717) is 0 Å². The molecule has 0 rings (SSSR count). The van der Waals surface area contributed by atoms with Gasteiger partial charge in [-0.3, -0.25) is 14.4 Å². The number of rotatable bonds is 5. The average molecular weight is 272 g/mol. The Morgan fingerprint density at radius 3 is 1.17 bits per heavy atom. The highest BCUT2D eigenvalue weighted by Crippen LogP contribution is 1.89. The van der Waals surface area contributed by atoms with Gasteiger partial charge in [-0.15, -0.1) is 0 Å². The predicted molar refractivity (Wildman–Crippen MR) is 55.8 cm³/mol. The summed E-state index contributed by atoms with van der Waals surface area (Å²) in [5.74, 6) is -5.47. The highest BCUT2D eigenvalue weighted by molar-refractivity contribution is 5.88.